The van der Waals surface area contributed by atoms with E-state index in [9.17, 15) is 14.4 Å². The van der Waals surface area contributed by atoms with E-state index in [2.05, 4.69) is 26.3 Å². The molecule has 3 aromatic rings. The number of aromatic amines is 1. The average Bonchev–Trinajstić information content (AvgIpc) is 3.53. The van der Waals surface area contributed by atoms with E-state index in [1.807, 2.05) is 18.2 Å². The molecule has 0 spiro atoms. The number of carbonyl (C=O) groups excluding carboxylic acids is 3. The number of piperazine rings is 1. The second kappa shape index (κ2) is 10.8. The minimum absolute atomic E-state index is 0.0263. The van der Waals surface area contributed by atoms with Crippen molar-refractivity contribution in [2.75, 3.05) is 64.4 Å². The molecule has 12 heteroatoms. The van der Waals surface area contributed by atoms with E-state index in [0.717, 1.165) is 18.7 Å². The number of aromatic nitrogens is 2. The number of hydrogen-bond donors (Lipinski definition) is 4. The lowest BCUT2D eigenvalue weighted by molar-refractivity contribution is -0.133. The summed E-state index contributed by atoms with van der Waals surface area (Å²) in [6.45, 7) is 5.18. The summed E-state index contributed by atoms with van der Waals surface area (Å²) in [6, 6.07) is 12.1. The smallest absolute Gasteiger partial charge is 0.333 e. The Hall–Kier alpha value is -4.26. The van der Waals surface area contributed by atoms with Crippen molar-refractivity contribution in [1.82, 2.24) is 30.8 Å². The summed E-state index contributed by atoms with van der Waals surface area (Å²) < 4.78 is 11.0. The Morgan fingerprint density at radius 2 is 1.77 bits per heavy atom. The molecular weight excluding hydrogens is 502 g/mol. The number of anilines is 1. The van der Waals surface area contributed by atoms with Gasteiger partial charge >= 0.3 is 6.03 Å². The summed E-state index contributed by atoms with van der Waals surface area (Å²) in [4.78, 5) is 40.4. The van der Waals surface area contributed by atoms with E-state index < -0.39 is 6.03 Å². The molecule has 4 N–H and O–H groups in total. The third kappa shape index (κ3) is 5.09. The summed E-state index contributed by atoms with van der Waals surface area (Å²) in [6.07, 6.45) is 0. The first kappa shape index (κ1) is 25.0. The first-order valence-electron chi connectivity index (χ1n) is 13.0. The van der Waals surface area contributed by atoms with Crippen LogP contribution in [0, 0.1) is 0 Å². The number of ether oxygens (including phenoxy) is 2. The van der Waals surface area contributed by atoms with Crippen molar-refractivity contribution in [3.63, 3.8) is 0 Å². The topological polar surface area (TPSA) is 141 Å². The lowest BCUT2D eigenvalue weighted by Gasteiger charge is -2.27. The lowest BCUT2D eigenvalue weighted by atomic mass is 10.0. The van der Waals surface area contributed by atoms with Gasteiger partial charge in [0.1, 0.15) is 11.4 Å². The maximum absolute atomic E-state index is 13.6. The zero-order valence-electron chi connectivity index (χ0n) is 21.3. The molecule has 12 nitrogen and oxygen atoms in total. The minimum Gasteiger partial charge on any atom is -0.484 e. The molecule has 0 unspecified atom stereocenters. The Labute approximate surface area is 224 Å². The number of nitrogens with one attached hydrogen (secondary N) is 4. The monoisotopic (exact) mass is 531 g/mol. The van der Waals surface area contributed by atoms with Crippen LogP contribution in [0.1, 0.15) is 15.9 Å². The molecule has 3 heterocycles. The number of rotatable bonds is 6. The highest BCUT2D eigenvalue weighted by Crippen LogP contribution is 2.43. The Kier molecular flexibility index (Phi) is 6.97. The molecule has 2 aromatic carbocycles. The number of benzene rings is 2. The second-order valence-electron chi connectivity index (χ2n) is 9.49. The molecule has 1 aliphatic carbocycles. The molecule has 0 atom stereocenters. The van der Waals surface area contributed by atoms with Gasteiger partial charge in [-0.1, -0.05) is 12.1 Å². The Bertz CT molecular complexity index is 1390. The molecular formula is C27H29N7O5. The van der Waals surface area contributed by atoms with E-state index in [1.165, 1.54) is 0 Å². The summed E-state index contributed by atoms with van der Waals surface area (Å²) >= 11 is 0. The molecule has 202 valence electrons. The highest BCUT2D eigenvalue weighted by molar-refractivity contribution is 6.26. The number of H-pyrrole nitrogens is 1. The molecule has 3 amide bonds. The van der Waals surface area contributed by atoms with Gasteiger partial charge in [-0.25, -0.2) is 9.80 Å². The number of carbonyl (C=O) groups is 3. The van der Waals surface area contributed by atoms with Gasteiger partial charge in [-0.15, -0.1) is 0 Å². The van der Waals surface area contributed by atoms with E-state index in [-0.39, 0.29) is 18.3 Å². The van der Waals surface area contributed by atoms with Crippen LogP contribution >= 0.6 is 0 Å². The Balaban J connectivity index is 1.15. The number of fused-ring (bicyclic) bond motifs is 3. The van der Waals surface area contributed by atoms with Crippen molar-refractivity contribution in [1.29, 1.82) is 0 Å². The average molecular weight is 532 g/mol. The predicted molar refractivity (Wildman–Crippen MR) is 142 cm³/mol. The number of hydrazine groups is 1. The van der Waals surface area contributed by atoms with Crippen molar-refractivity contribution in [2.24, 2.45) is 0 Å². The summed E-state index contributed by atoms with van der Waals surface area (Å²) in [7, 11) is 0. The molecule has 1 aromatic heterocycles. The highest BCUT2D eigenvalue weighted by Gasteiger charge is 2.35. The number of nitrogens with zero attached hydrogens (tertiary/aromatic N) is 3. The maximum Gasteiger partial charge on any atom is 0.333 e. The summed E-state index contributed by atoms with van der Waals surface area (Å²) in [5.74, 6) is 0.303. The van der Waals surface area contributed by atoms with Gasteiger partial charge in [0.15, 0.2) is 12.4 Å². The van der Waals surface area contributed by atoms with Crippen LogP contribution in [0.15, 0.2) is 42.5 Å². The normalized spacial score (nSPS) is 16.9. The highest BCUT2D eigenvalue weighted by atomic mass is 16.5. The van der Waals surface area contributed by atoms with Crippen LogP contribution < -0.4 is 20.8 Å². The second-order valence-corrected chi connectivity index (χ2v) is 9.49. The van der Waals surface area contributed by atoms with Crippen LogP contribution in [-0.2, 0) is 9.53 Å². The Morgan fingerprint density at radius 3 is 2.54 bits per heavy atom. The number of hydrogen-bond acceptors (Lipinski definition) is 8. The number of amides is 3. The quantitative estimate of drug-likeness (QED) is 0.293. The van der Waals surface area contributed by atoms with Crippen LogP contribution in [0.5, 0.6) is 5.75 Å². The largest absolute Gasteiger partial charge is 0.484 e. The van der Waals surface area contributed by atoms with Crippen LogP contribution in [0.3, 0.4) is 0 Å². The van der Waals surface area contributed by atoms with Crippen molar-refractivity contribution in [3.05, 3.63) is 53.6 Å². The van der Waals surface area contributed by atoms with E-state index >= 15 is 0 Å². The third-order valence-electron chi connectivity index (χ3n) is 7.03. The SMILES string of the molecule is O=C(Nc1cccc2c1C(=O)c1c-2n[nH]c1-c1ccc(OCC(=O)N2CCNCC2)cc1)NN1CCOCC1. The standard InChI is InChI=1S/C27H29N7O5/c35-21(33-10-8-28-9-11-33)16-39-18-6-4-17(5-7-18)24-23-25(31-30-24)19-2-1-3-20(22(19)26(23)36)29-27(37)32-34-12-14-38-15-13-34/h1-7,28H,8-16H2,(H,30,31)(H2,29,32,37). The van der Waals surface area contributed by atoms with Gasteiger partial charge in [0, 0.05) is 50.4 Å². The van der Waals surface area contributed by atoms with Crippen molar-refractivity contribution >= 4 is 23.4 Å². The zero-order chi connectivity index (χ0) is 26.8. The summed E-state index contributed by atoms with van der Waals surface area (Å²) in [5.41, 5.74) is 6.63. The molecule has 0 radical (unpaired) electrons. The van der Waals surface area contributed by atoms with Crippen LogP contribution in [0.4, 0.5) is 10.5 Å². The molecule has 2 fully saturated rings. The Morgan fingerprint density at radius 1 is 1.00 bits per heavy atom. The van der Waals surface area contributed by atoms with Gasteiger partial charge in [0.05, 0.1) is 35.7 Å². The maximum atomic E-state index is 13.6. The molecule has 0 bridgehead atoms. The van der Waals surface area contributed by atoms with Crippen LogP contribution in [-0.4, -0.2) is 96.9 Å². The predicted octanol–water partition coefficient (Wildman–Crippen LogP) is 1.47. The molecule has 2 saturated heterocycles. The van der Waals surface area contributed by atoms with Crippen molar-refractivity contribution in [3.8, 4) is 28.3 Å². The number of morpholine rings is 1. The first-order valence-corrected chi connectivity index (χ1v) is 13.0. The molecule has 2 aliphatic heterocycles. The van der Waals surface area contributed by atoms with Gasteiger partial charge in [0.2, 0.25) is 0 Å². The lowest BCUT2D eigenvalue weighted by Crippen LogP contribution is -2.49. The zero-order valence-corrected chi connectivity index (χ0v) is 21.3. The van der Waals surface area contributed by atoms with Crippen LogP contribution in [0.25, 0.3) is 22.5 Å². The molecule has 0 saturated carbocycles. The fourth-order valence-electron chi connectivity index (χ4n) is 5.03. The van der Waals surface area contributed by atoms with Crippen molar-refractivity contribution < 1.29 is 23.9 Å². The van der Waals surface area contributed by atoms with Gasteiger partial charge in [-0.3, -0.25) is 20.1 Å². The van der Waals surface area contributed by atoms with Gasteiger partial charge in [-0.05, 0) is 30.3 Å². The van der Waals surface area contributed by atoms with E-state index in [0.29, 0.717) is 78.9 Å². The van der Waals surface area contributed by atoms with E-state index in [1.54, 1.807) is 34.2 Å². The molecule has 39 heavy (non-hydrogen) atoms. The van der Waals surface area contributed by atoms with Gasteiger partial charge < -0.3 is 25.0 Å². The van der Waals surface area contributed by atoms with Gasteiger partial charge in [0.25, 0.3) is 5.91 Å². The molecule has 3 aliphatic rings. The van der Waals surface area contributed by atoms with Crippen LogP contribution in [0.2, 0.25) is 0 Å². The fraction of sp³-hybridized carbons (Fsp3) is 0.333. The van der Waals surface area contributed by atoms with E-state index in [4.69, 9.17) is 9.47 Å². The van der Waals surface area contributed by atoms with Gasteiger partial charge in [-0.2, -0.15) is 5.10 Å². The fourth-order valence-corrected chi connectivity index (χ4v) is 5.03. The number of urea groups is 1. The molecule has 6 rings (SSSR count). The number of ketones is 1. The van der Waals surface area contributed by atoms with Crippen molar-refractivity contribution in [2.45, 2.75) is 0 Å². The third-order valence-corrected chi connectivity index (χ3v) is 7.03. The first-order chi connectivity index (χ1) is 19.1. The minimum atomic E-state index is -0.421. The summed E-state index contributed by atoms with van der Waals surface area (Å²) in [5, 5.41) is 15.2.